The summed E-state index contributed by atoms with van der Waals surface area (Å²) in [6.45, 7) is 2.08. The molecular formula is C7H11O2S-. The Morgan fingerprint density at radius 3 is 2.90 bits per heavy atom. The Bertz CT molecular complexity index is 174. The van der Waals surface area contributed by atoms with Gasteiger partial charge in [0.15, 0.2) is 0 Å². The molecule has 10 heavy (non-hydrogen) atoms. The van der Waals surface area contributed by atoms with Crippen LogP contribution in [-0.4, -0.2) is 8.76 Å². The molecule has 2 nitrogen and oxygen atoms in total. The Hall–Kier alpha value is -0.150. The average Bonchev–Trinajstić information content (AvgIpc) is 1.88. The first-order valence-electron chi connectivity index (χ1n) is 3.48. The van der Waals surface area contributed by atoms with E-state index in [0.717, 1.165) is 19.3 Å². The lowest BCUT2D eigenvalue weighted by molar-refractivity contribution is 0.501. The van der Waals surface area contributed by atoms with Crippen molar-refractivity contribution in [1.29, 1.82) is 0 Å². The summed E-state index contributed by atoms with van der Waals surface area (Å²) < 4.78 is 20.9. The van der Waals surface area contributed by atoms with Crippen molar-refractivity contribution in [3.05, 3.63) is 11.0 Å². The van der Waals surface area contributed by atoms with Crippen LogP contribution in [0.4, 0.5) is 0 Å². The molecule has 2 unspecified atom stereocenters. The highest BCUT2D eigenvalue weighted by atomic mass is 32.2. The van der Waals surface area contributed by atoms with E-state index in [4.69, 9.17) is 0 Å². The first-order chi connectivity index (χ1) is 4.70. The van der Waals surface area contributed by atoms with Gasteiger partial charge in [-0.15, -0.1) is 0 Å². The monoisotopic (exact) mass is 159 g/mol. The van der Waals surface area contributed by atoms with Crippen LogP contribution in [0.5, 0.6) is 0 Å². The summed E-state index contributed by atoms with van der Waals surface area (Å²) in [7, 11) is 0. The van der Waals surface area contributed by atoms with Gasteiger partial charge in [0.05, 0.1) is 0 Å². The smallest absolute Gasteiger partial charge is 0.00132 e. The first-order valence-corrected chi connectivity index (χ1v) is 4.56. The Balaban J connectivity index is 2.60. The van der Waals surface area contributed by atoms with Gasteiger partial charge in [-0.1, -0.05) is 13.0 Å². The van der Waals surface area contributed by atoms with Crippen molar-refractivity contribution < 1.29 is 8.76 Å². The van der Waals surface area contributed by atoms with Crippen molar-refractivity contribution >= 4 is 11.1 Å². The van der Waals surface area contributed by atoms with Crippen molar-refractivity contribution in [3.63, 3.8) is 0 Å². The van der Waals surface area contributed by atoms with Gasteiger partial charge in [-0.3, -0.25) is 4.21 Å². The number of hydrogen-bond donors (Lipinski definition) is 0. The molecule has 0 heterocycles. The van der Waals surface area contributed by atoms with Gasteiger partial charge in [0.25, 0.3) is 0 Å². The maximum Gasteiger partial charge on any atom is -0.00132 e. The molecule has 0 spiro atoms. The zero-order valence-electron chi connectivity index (χ0n) is 6.00. The SMILES string of the molecule is CC1CCC=C(S(=O)[O-])C1. The molecule has 0 fully saturated rings. The second-order valence-electron chi connectivity index (χ2n) is 2.79. The topological polar surface area (TPSA) is 40.1 Å². The summed E-state index contributed by atoms with van der Waals surface area (Å²) >= 11 is -1.96. The van der Waals surface area contributed by atoms with E-state index in [1.165, 1.54) is 0 Å². The molecule has 0 N–H and O–H groups in total. The molecule has 3 heteroatoms. The average molecular weight is 159 g/mol. The lowest BCUT2D eigenvalue weighted by Crippen LogP contribution is -2.05. The largest absolute Gasteiger partial charge is 0.769 e. The highest BCUT2D eigenvalue weighted by Gasteiger charge is 2.10. The van der Waals surface area contributed by atoms with Gasteiger partial charge in [-0.25, -0.2) is 0 Å². The van der Waals surface area contributed by atoms with Gasteiger partial charge in [0.2, 0.25) is 0 Å². The Morgan fingerprint density at radius 2 is 2.50 bits per heavy atom. The highest BCUT2D eigenvalue weighted by molar-refractivity contribution is 7.83. The first kappa shape index (κ1) is 7.95. The highest BCUT2D eigenvalue weighted by Crippen LogP contribution is 2.24. The minimum atomic E-state index is -1.96. The molecule has 0 aliphatic heterocycles. The zero-order chi connectivity index (χ0) is 7.56. The number of hydrogen-bond acceptors (Lipinski definition) is 2. The predicted octanol–water partition coefficient (Wildman–Crippen LogP) is 1.57. The molecule has 0 radical (unpaired) electrons. The van der Waals surface area contributed by atoms with E-state index in [0.29, 0.717) is 10.8 Å². The molecule has 0 saturated carbocycles. The fourth-order valence-corrected chi connectivity index (χ4v) is 1.87. The molecule has 0 aromatic carbocycles. The standard InChI is InChI=1S/C7H12O2S/c1-6-3-2-4-7(5-6)10(8)9/h4,6H,2-3,5H2,1H3,(H,8,9)/p-1. The van der Waals surface area contributed by atoms with E-state index in [2.05, 4.69) is 6.92 Å². The normalized spacial score (nSPS) is 29.4. The van der Waals surface area contributed by atoms with Gasteiger partial charge in [-0.2, -0.15) is 0 Å². The third-order valence-electron chi connectivity index (χ3n) is 1.80. The van der Waals surface area contributed by atoms with Crippen molar-refractivity contribution in [2.45, 2.75) is 26.2 Å². The molecule has 0 amide bonds. The van der Waals surface area contributed by atoms with Crippen molar-refractivity contribution in [1.82, 2.24) is 0 Å². The van der Waals surface area contributed by atoms with Crippen molar-refractivity contribution in [3.8, 4) is 0 Å². The third kappa shape index (κ3) is 1.92. The van der Waals surface area contributed by atoms with Crippen molar-refractivity contribution in [2.24, 2.45) is 5.92 Å². The maximum atomic E-state index is 10.4. The fraction of sp³-hybridized carbons (Fsp3) is 0.714. The minimum absolute atomic E-state index is 0.540. The minimum Gasteiger partial charge on any atom is -0.769 e. The molecule has 58 valence electrons. The van der Waals surface area contributed by atoms with Crippen LogP contribution < -0.4 is 0 Å². The van der Waals surface area contributed by atoms with Gasteiger partial charge in [0, 0.05) is 0 Å². The molecule has 0 aromatic heterocycles. The van der Waals surface area contributed by atoms with Crippen molar-refractivity contribution in [2.75, 3.05) is 0 Å². The Morgan fingerprint density at radius 1 is 1.80 bits per heavy atom. The second-order valence-corrected chi connectivity index (χ2v) is 3.79. The summed E-state index contributed by atoms with van der Waals surface area (Å²) in [6, 6.07) is 0. The molecule has 2 atom stereocenters. The zero-order valence-corrected chi connectivity index (χ0v) is 6.82. The second kappa shape index (κ2) is 3.30. The number of allylic oxidation sites excluding steroid dienone is 2. The van der Waals surface area contributed by atoms with E-state index < -0.39 is 11.1 Å². The van der Waals surface area contributed by atoms with E-state index in [9.17, 15) is 8.76 Å². The van der Waals surface area contributed by atoms with Gasteiger partial charge >= 0.3 is 0 Å². The van der Waals surface area contributed by atoms with Gasteiger partial charge < -0.3 is 4.55 Å². The molecule has 1 rings (SSSR count). The summed E-state index contributed by atoms with van der Waals surface area (Å²) in [5.41, 5.74) is 0. The van der Waals surface area contributed by atoms with Crippen LogP contribution in [-0.2, 0) is 11.1 Å². The van der Waals surface area contributed by atoms with Crippen LogP contribution in [0, 0.1) is 5.92 Å². The Labute approximate surface area is 63.6 Å². The summed E-state index contributed by atoms with van der Waals surface area (Å²) in [4.78, 5) is 0.596. The van der Waals surface area contributed by atoms with Gasteiger partial charge in [0.1, 0.15) is 0 Å². The van der Waals surface area contributed by atoms with E-state index >= 15 is 0 Å². The van der Waals surface area contributed by atoms with Crippen LogP contribution in [0.2, 0.25) is 0 Å². The van der Waals surface area contributed by atoms with Crippen LogP contribution in [0.1, 0.15) is 26.2 Å². The van der Waals surface area contributed by atoms with Crippen LogP contribution in [0.3, 0.4) is 0 Å². The molecule has 1 aliphatic rings. The fourth-order valence-electron chi connectivity index (χ4n) is 1.19. The lowest BCUT2D eigenvalue weighted by Gasteiger charge is -2.20. The predicted molar refractivity (Wildman–Crippen MR) is 40.0 cm³/mol. The molecule has 0 aromatic rings. The molecule has 1 aliphatic carbocycles. The quantitative estimate of drug-likeness (QED) is 0.545. The number of rotatable bonds is 1. The third-order valence-corrected chi connectivity index (χ3v) is 2.56. The maximum absolute atomic E-state index is 10.4. The summed E-state index contributed by atoms with van der Waals surface area (Å²) in [5.74, 6) is 0.540. The summed E-state index contributed by atoms with van der Waals surface area (Å²) in [6.07, 6.45) is 4.60. The molecular weight excluding hydrogens is 148 g/mol. The van der Waals surface area contributed by atoms with Gasteiger partial charge in [-0.05, 0) is 41.2 Å². The summed E-state index contributed by atoms with van der Waals surface area (Å²) in [5, 5.41) is 0. The van der Waals surface area contributed by atoms with E-state index in [1.54, 1.807) is 0 Å². The van der Waals surface area contributed by atoms with Crippen LogP contribution in [0.15, 0.2) is 11.0 Å². The van der Waals surface area contributed by atoms with Crippen LogP contribution in [0.25, 0.3) is 0 Å². The van der Waals surface area contributed by atoms with E-state index in [-0.39, 0.29) is 0 Å². The molecule has 0 saturated heterocycles. The Kier molecular flexibility index (Phi) is 2.63. The van der Waals surface area contributed by atoms with E-state index in [1.807, 2.05) is 6.08 Å². The van der Waals surface area contributed by atoms with Crippen LogP contribution >= 0.6 is 0 Å². The molecule has 0 bridgehead atoms. The lowest BCUT2D eigenvalue weighted by atomic mass is 9.96.